The van der Waals surface area contributed by atoms with Gasteiger partial charge in [0.2, 0.25) is 0 Å². The van der Waals surface area contributed by atoms with Crippen LogP contribution in [-0.4, -0.2) is 58.7 Å². The fourth-order valence-corrected chi connectivity index (χ4v) is 3.70. The average molecular weight is 241 g/mol. The zero-order valence-electron chi connectivity index (χ0n) is 10.3. The van der Waals surface area contributed by atoms with Crippen molar-refractivity contribution >= 4 is 0 Å². The molecule has 0 aromatic carbocycles. The lowest BCUT2D eigenvalue weighted by Crippen LogP contribution is -2.34. The molecule has 1 saturated carbocycles. The van der Waals surface area contributed by atoms with Gasteiger partial charge in [-0.05, 0) is 25.7 Å². The zero-order chi connectivity index (χ0) is 11.9. The van der Waals surface area contributed by atoms with Crippen LogP contribution in [0.3, 0.4) is 0 Å². The molecule has 0 amide bonds. The second-order valence-corrected chi connectivity index (χ2v) is 6.02. The molecule has 3 atom stereocenters. The van der Waals surface area contributed by atoms with Crippen molar-refractivity contribution in [2.24, 2.45) is 0 Å². The quantitative estimate of drug-likeness (QED) is 0.740. The molecule has 3 rings (SSSR count). The van der Waals surface area contributed by atoms with Gasteiger partial charge < -0.3 is 14.9 Å². The van der Waals surface area contributed by atoms with Crippen molar-refractivity contribution in [2.75, 3.05) is 19.6 Å². The van der Waals surface area contributed by atoms with Gasteiger partial charge in [-0.15, -0.1) is 0 Å². The molecule has 4 nitrogen and oxygen atoms in total. The summed E-state index contributed by atoms with van der Waals surface area (Å²) in [5, 5.41) is 19.0. The summed E-state index contributed by atoms with van der Waals surface area (Å²) in [6.45, 7) is 2.05. The van der Waals surface area contributed by atoms with Gasteiger partial charge in [0, 0.05) is 19.6 Å². The molecule has 2 N–H and O–H groups in total. The molecular formula is C13H23NO3. The van der Waals surface area contributed by atoms with Crippen LogP contribution < -0.4 is 0 Å². The molecule has 1 spiro atoms. The summed E-state index contributed by atoms with van der Waals surface area (Å²) in [6.07, 6.45) is 6.60. The minimum Gasteiger partial charge on any atom is -0.389 e. The molecule has 2 saturated heterocycles. The molecule has 4 heteroatoms. The zero-order valence-corrected chi connectivity index (χ0v) is 10.3. The SMILES string of the molecule is OC1CN(CC2CCC3(CCCC3)O2)CC1O. The molecule has 2 heterocycles. The van der Waals surface area contributed by atoms with E-state index in [2.05, 4.69) is 4.90 Å². The Morgan fingerprint density at radius 1 is 1.06 bits per heavy atom. The van der Waals surface area contributed by atoms with E-state index in [1.54, 1.807) is 0 Å². The molecule has 98 valence electrons. The molecule has 0 radical (unpaired) electrons. The van der Waals surface area contributed by atoms with Gasteiger partial charge in [0.25, 0.3) is 0 Å². The first-order valence-corrected chi connectivity index (χ1v) is 6.93. The van der Waals surface area contributed by atoms with Crippen LogP contribution in [0.1, 0.15) is 38.5 Å². The molecule has 1 aliphatic carbocycles. The standard InChI is InChI=1S/C13H23NO3/c15-11-8-14(9-12(11)16)7-10-3-6-13(17-10)4-1-2-5-13/h10-12,15-16H,1-9H2. The molecule has 0 aromatic heterocycles. The summed E-state index contributed by atoms with van der Waals surface area (Å²) < 4.78 is 6.24. The Bertz CT molecular complexity index is 268. The van der Waals surface area contributed by atoms with Gasteiger partial charge in [-0.2, -0.15) is 0 Å². The number of aliphatic hydroxyl groups is 2. The normalized spacial score (nSPS) is 41.6. The predicted molar refractivity (Wildman–Crippen MR) is 63.8 cm³/mol. The second kappa shape index (κ2) is 4.50. The molecule has 17 heavy (non-hydrogen) atoms. The molecule has 2 aliphatic heterocycles. The fourth-order valence-electron chi connectivity index (χ4n) is 3.70. The molecule has 3 fully saturated rings. The largest absolute Gasteiger partial charge is 0.389 e. The fraction of sp³-hybridized carbons (Fsp3) is 1.00. The highest BCUT2D eigenvalue weighted by Gasteiger charge is 2.43. The third kappa shape index (κ3) is 2.36. The highest BCUT2D eigenvalue weighted by Crippen LogP contribution is 2.43. The van der Waals surface area contributed by atoms with Crippen molar-refractivity contribution in [3.8, 4) is 0 Å². The number of hydrogen-bond acceptors (Lipinski definition) is 4. The van der Waals surface area contributed by atoms with Gasteiger partial charge >= 0.3 is 0 Å². The first kappa shape index (κ1) is 11.9. The van der Waals surface area contributed by atoms with Crippen molar-refractivity contribution in [3.05, 3.63) is 0 Å². The average Bonchev–Trinajstić information content (AvgIpc) is 2.96. The maximum Gasteiger partial charge on any atom is 0.0938 e. The van der Waals surface area contributed by atoms with Crippen LogP contribution in [0.5, 0.6) is 0 Å². The van der Waals surface area contributed by atoms with Crippen LogP contribution in [0.2, 0.25) is 0 Å². The molecule has 3 unspecified atom stereocenters. The van der Waals surface area contributed by atoms with E-state index in [0.29, 0.717) is 19.2 Å². The maximum absolute atomic E-state index is 9.51. The lowest BCUT2D eigenvalue weighted by molar-refractivity contribution is -0.0462. The third-order valence-electron chi connectivity index (χ3n) is 4.65. The van der Waals surface area contributed by atoms with E-state index >= 15 is 0 Å². The van der Waals surface area contributed by atoms with Gasteiger partial charge in [-0.1, -0.05) is 12.8 Å². The van der Waals surface area contributed by atoms with E-state index in [4.69, 9.17) is 4.74 Å². The van der Waals surface area contributed by atoms with E-state index in [0.717, 1.165) is 13.0 Å². The number of ether oxygens (including phenoxy) is 1. The van der Waals surface area contributed by atoms with Crippen molar-refractivity contribution in [3.63, 3.8) is 0 Å². The van der Waals surface area contributed by atoms with Gasteiger partial charge in [0.15, 0.2) is 0 Å². The van der Waals surface area contributed by atoms with Crippen LogP contribution in [0, 0.1) is 0 Å². The van der Waals surface area contributed by atoms with Crippen molar-refractivity contribution in [1.82, 2.24) is 4.90 Å². The maximum atomic E-state index is 9.51. The van der Waals surface area contributed by atoms with E-state index in [1.807, 2.05) is 0 Å². The molecule has 3 aliphatic rings. The Balaban J connectivity index is 1.51. The number of aliphatic hydroxyl groups excluding tert-OH is 2. The molecule has 0 aromatic rings. The molecule has 0 bridgehead atoms. The van der Waals surface area contributed by atoms with Gasteiger partial charge in [0.1, 0.15) is 0 Å². The first-order valence-electron chi connectivity index (χ1n) is 6.93. The highest BCUT2D eigenvalue weighted by atomic mass is 16.5. The van der Waals surface area contributed by atoms with Gasteiger partial charge in [-0.25, -0.2) is 0 Å². The van der Waals surface area contributed by atoms with Crippen molar-refractivity contribution in [1.29, 1.82) is 0 Å². The Labute approximate surface area is 103 Å². The third-order valence-corrected chi connectivity index (χ3v) is 4.65. The van der Waals surface area contributed by atoms with E-state index in [1.165, 1.54) is 32.1 Å². The van der Waals surface area contributed by atoms with E-state index in [-0.39, 0.29) is 5.60 Å². The predicted octanol–water partition coefficient (Wildman–Crippen LogP) is 0.516. The Hall–Kier alpha value is -0.160. The summed E-state index contributed by atoms with van der Waals surface area (Å²) in [7, 11) is 0. The number of hydrogen-bond donors (Lipinski definition) is 2. The highest BCUT2D eigenvalue weighted by molar-refractivity contribution is 4.94. The summed E-state index contributed by atoms with van der Waals surface area (Å²) in [4.78, 5) is 2.13. The molecular weight excluding hydrogens is 218 g/mol. The first-order chi connectivity index (χ1) is 8.17. The lowest BCUT2D eigenvalue weighted by Gasteiger charge is -2.26. The van der Waals surface area contributed by atoms with Crippen LogP contribution >= 0.6 is 0 Å². The monoisotopic (exact) mass is 241 g/mol. The van der Waals surface area contributed by atoms with Crippen molar-refractivity contribution in [2.45, 2.75) is 62.4 Å². The number of rotatable bonds is 2. The summed E-state index contributed by atoms with van der Waals surface area (Å²) >= 11 is 0. The second-order valence-electron chi connectivity index (χ2n) is 6.02. The van der Waals surface area contributed by atoms with E-state index < -0.39 is 12.2 Å². The summed E-state index contributed by atoms with van der Waals surface area (Å²) in [5.74, 6) is 0. The van der Waals surface area contributed by atoms with Crippen LogP contribution in [0.4, 0.5) is 0 Å². The van der Waals surface area contributed by atoms with Crippen molar-refractivity contribution < 1.29 is 14.9 Å². The Kier molecular flexibility index (Phi) is 3.15. The minimum absolute atomic E-state index is 0.196. The van der Waals surface area contributed by atoms with E-state index in [9.17, 15) is 10.2 Å². The number of nitrogens with zero attached hydrogens (tertiary/aromatic N) is 1. The Morgan fingerprint density at radius 3 is 2.35 bits per heavy atom. The summed E-state index contributed by atoms with van der Waals surface area (Å²) in [6, 6.07) is 0. The number of β-amino-alcohol motifs (C(OH)–C–C–N with tert-alkyl or cyclic N) is 2. The summed E-state index contributed by atoms with van der Waals surface area (Å²) in [5.41, 5.74) is 0.196. The van der Waals surface area contributed by atoms with Crippen LogP contribution in [0.25, 0.3) is 0 Å². The Morgan fingerprint density at radius 2 is 1.71 bits per heavy atom. The smallest absolute Gasteiger partial charge is 0.0938 e. The van der Waals surface area contributed by atoms with Gasteiger partial charge in [0.05, 0.1) is 23.9 Å². The van der Waals surface area contributed by atoms with Crippen LogP contribution in [0.15, 0.2) is 0 Å². The van der Waals surface area contributed by atoms with Gasteiger partial charge in [-0.3, -0.25) is 4.90 Å². The topological polar surface area (TPSA) is 52.9 Å². The number of likely N-dealkylation sites (tertiary alicyclic amines) is 1. The lowest BCUT2D eigenvalue weighted by atomic mass is 9.98. The minimum atomic E-state index is -0.572. The van der Waals surface area contributed by atoms with Crippen LogP contribution in [-0.2, 0) is 4.74 Å².